The first kappa shape index (κ1) is 16.3. The van der Waals surface area contributed by atoms with Gasteiger partial charge in [-0.15, -0.1) is 0 Å². The number of carbonyl (C=O) groups excluding carboxylic acids is 1. The number of aliphatic carboxylic acids is 1. The van der Waals surface area contributed by atoms with Gasteiger partial charge in [0.15, 0.2) is 6.10 Å². The van der Waals surface area contributed by atoms with E-state index in [-0.39, 0.29) is 18.4 Å². The molecule has 0 saturated heterocycles. The van der Waals surface area contributed by atoms with Crippen LogP contribution in [0.15, 0.2) is 24.3 Å². The second-order valence-electron chi connectivity index (χ2n) is 4.56. The molecule has 0 saturated carbocycles. The predicted molar refractivity (Wildman–Crippen MR) is 76.0 cm³/mol. The molecule has 0 spiro atoms. The molecule has 0 aliphatic heterocycles. The van der Waals surface area contributed by atoms with Crippen LogP contribution in [0.5, 0.6) is 5.75 Å². The summed E-state index contributed by atoms with van der Waals surface area (Å²) in [6.45, 7) is 3.39. The van der Waals surface area contributed by atoms with Crippen molar-refractivity contribution in [2.45, 2.75) is 38.8 Å². The Hall–Kier alpha value is -1.75. The Morgan fingerprint density at radius 1 is 1.30 bits per heavy atom. The number of hydrogen-bond acceptors (Lipinski definition) is 3. The fourth-order valence-electron chi connectivity index (χ4n) is 1.54. The molecular weight excluding hydrogens is 282 g/mol. The number of hydrogen-bond donors (Lipinski definition) is 2. The van der Waals surface area contributed by atoms with Crippen LogP contribution in [0, 0.1) is 0 Å². The van der Waals surface area contributed by atoms with Gasteiger partial charge in [-0.25, -0.2) is 0 Å². The summed E-state index contributed by atoms with van der Waals surface area (Å²) in [7, 11) is 0. The third-order valence-corrected chi connectivity index (χ3v) is 2.93. The zero-order valence-corrected chi connectivity index (χ0v) is 12.2. The van der Waals surface area contributed by atoms with E-state index in [1.165, 1.54) is 0 Å². The lowest BCUT2D eigenvalue weighted by atomic mass is 10.2. The average molecular weight is 300 g/mol. The van der Waals surface area contributed by atoms with Crippen LogP contribution in [0.4, 0.5) is 0 Å². The third kappa shape index (κ3) is 5.93. The van der Waals surface area contributed by atoms with E-state index in [0.29, 0.717) is 17.2 Å². The van der Waals surface area contributed by atoms with Gasteiger partial charge in [0, 0.05) is 17.5 Å². The molecule has 6 heteroatoms. The molecule has 1 rings (SSSR count). The van der Waals surface area contributed by atoms with Crippen LogP contribution < -0.4 is 10.1 Å². The van der Waals surface area contributed by atoms with Gasteiger partial charge in [-0.3, -0.25) is 9.59 Å². The topological polar surface area (TPSA) is 75.6 Å². The van der Waals surface area contributed by atoms with Gasteiger partial charge in [-0.05, 0) is 44.5 Å². The molecule has 0 fully saturated rings. The van der Waals surface area contributed by atoms with E-state index in [9.17, 15) is 9.59 Å². The largest absolute Gasteiger partial charge is 0.481 e. The molecule has 5 nitrogen and oxygen atoms in total. The number of rotatable bonds is 7. The van der Waals surface area contributed by atoms with E-state index in [1.54, 1.807) is 38.1 Å². The summed E-state index contributed by atoms with van der Waals surface area (Å²) in [4.78, 5) is 22.3. The molecule has 1 aromatic carbocycles. The Morgan fingerprint density at radius 2 is 1.90 bits per heavy atom. The zero-order valence-electron chi connectivity index (χ0n) is 11.4. The monoisotopic (exact) mass is 299 g/mol. The molecule has 0 heterocycles. The van der Waals surface area contributed by atoms with Gasteiger partial charge in [0.25, 0.3) is 5.91 Å². The maximum absolute atomic E-state index is 11.9. The van der Waals surface area contributed by atoms with Crippen molar-refractivity contribution >= 4 is 23.5 Å². The van der Waals surface area contributed by atoms with Crippen molar-refractivity contribution < 1.29 is 19.4 Å². The molecule has 0 aliphatic rings. The summed E-state index contributed by atoms with van der Waals surface area (Å²) in [5.41, 5.74) is 0. The minimum Gasteiger partial charge on any atom is -0.481 e. The molecule has 110 valence electrons. The first-order chi connectivity index (χ1) is 9.38. The summed E-state index contributed by atoms with van der Waals surface area (Å²) >= 11 is 5.76. The second-order valence-corrected chi connectivity index (χ2v) is 4.99. The Bertz CT molecular complexity index is 461. The van der Waals surface area contributed by atoms with Crippen molar-refractivity contribution in [1.82, 2.24) is 5.32 Å². The third-order valence-electron chi connectivity index (χ3n) is 2.68. The number of ether oxygens (including phenoxy) is 1. The summed E-state index contributed by atoms with van der Waals surface area (Å²) in [5, 5.41) is 11.9. The highest BCUT2D eigenvalue weighted by Gasteiger charge is 2.17. The zero-order chi connectivity index (χ0) is 15.1. The average Bonchev–Trinajstić information content (AvgIpc) is 2.39. The normalized spacial score (nSPS) is 13.3. The van der Waals surface area contributed by atoms with Crippen molar-refractivity contribution in [3.8, 4) is 5.75 Å². The van der Waals surface area contributed by atoms with Gasteiger partial charge in [0.05, 0.1) is 0 Å². The van der Waals surface area contributed by atoms with Crippen LogP contribution >= 0.6 is 11.6 Å². The van der Waals surface area contributed by atoms with Crippen LogP contribution in [0.2, 0.25) is 5.02 Å². The van der Waals surface area contributed by atoms with Crippen LogP contribution in [0.25, 0.3) is 0 Å². The lowest BCUT2D eigenvalue weighted by molar-refractivity contribution is -0.137. The number of halogens is 1. The van der Waals surface area contributed by atoms with E-state index < -0.39 is 12.1 Å². The summed E-state index contributed by atoms with van der Waals surface area (Å²) in [5.74, 6) is -0.607. The maximum Gasteiger partial charge on any atom is 0.303 e. The van der Waals surface area contributed by atoms with Crippen molar-refractivity contribution in [3.63, 3.8) is 0 Å². The summed E-state index contributed by atoms with van der Waals surface area (Å²) in [6.07, 6.45) is -0.258. The second kappa shape index (κ2) is 7.75. The van der Waals surface area contributed by atoms with Crippen LogP contribution in [0.1, 0.15) is 26.7 Å². The molecule has 0 aromatic heterocycles. The minimum absolute atomic E-state index is 0.0217. The Morgan fingerprint density at radius 3 is 2.45 bits per heavy atom. The van der Waals surface area contributed by atoms with E-state index in [2.05, 4.69) is 5.32 Å². The van der Waals surface area contributed by atoms with Crippen molar-refractivity contribution in [1.29, 1.82) is 0 Å². The summed E-state index contributed by atoms with van der Waals surface area (Å²) in [6, 6.07) is 6.50. The Labute approximate surface area is 122 Å². The smallest absolute Gasteiger partial charge is 0.303 e. The highest BCUT2D eigenvalue weighted by atomic mass is 35.5. The molecule has 1 aromatic rings. The molecule has 2 atom stereocenters. The standard InChI is InChI=1S/C14H18ClNO4/c1-9(3-8-13(17)18)16-14(19)10(2)20-12-6-4-11(15)5-7-12/h4-7,9-10H,3,8H2,1-2H3,(H,16,19)(H,17,18). The fourth-order valence-corrected chi connectivity index (χ4v) is 1.67. The maximum atomic E-state index is 11.9. The molecular formula is C14H18ClNO4. The lowest BCUT2D eigenvalue weighted by Crippen LogP contribution is -2.41. The van der Waals surface area contributed by atoms with Gasteiger partial charge >= 0.3 is 5.97 Å². The number of amides is 1. The first-order valence-electron chi connectivity index (χ1n) is 6.33. The molecule has 2 N–H and O–H groups in total. The van der Waals surface area contributed by atoms with Gasteiger partial charge in [0.2, 0.25) is 0 Å². The number of carboxylic acid groups (broad SMARTS) is 1. The van der Waals surface area contributed by atoms with Crippen LogP contribution in [-0.4, -0.2) is 29.1 Å². The molecule has 0 radical (unpaired) electrons. The van der Waals surface area contributed by atoms with Crippen molar-refractivity contribution in [3.05, 3.63) is 29.3 Å². The first-order valence-corrected chi connectivity index (χ1v) is 6.70. The highest BCUT2D eigenvalue weighted by molar-refractivity contribution is 6.30. The van der Waals surface area contributed by atoms with Crippen LogP contribution in [-0.2, 0) is 9.59 Å². The Kier molecular flexibility index (Phi) is 6.31. The predicted octanol–water partition coefficient (Wildman–Crippen LogP) is 2.48. The van der Waals surface area contributed by atoms with Crippen molar-refractivity contribution in [2.24, 2.45) is 0 Å². The number of nitrogens with one attached hydrogen (secondary N) is 1. The van der Waals surface area contributed by atoms with Gasteiger partial charge in [-0.2, -0.15) is 0 Å². The fraction of sp³-hybridized carbons (Fsp3) is 0.429. The molecule has 0 aliphatic carbocycles. The van der Waals surface area contributed by atoms with Crippen molar-refractivity contribution in [2.75, 3.05) is 0 Å². The molecule has 1 amide bonds. The summed E-state index contributed by atoms with van der Waals surface area (Å²) < 4.78 is 5.47. The van der Waals surface area contributed by atoms with Crippen LogP contribution in [0.3, 0.4) is 0 Å². The molecule has 0 bridgehead atoms. The minimum atomic E-state index is -0.878. The van der Waals surface area contributed by atoms with E-state index in [4.69, 9.17) is 21.4 Å². The number of carbonyl (C=O) groups is 2. The lowest BCUT2D eigenvalue weighted by Gasteiger charge is -2.18. The van der Waals surface area contributed by atoms with Gasteiger partial charge in [-0.1, -0.05) is 11.6 Å². The number of benzene rings is 1. The van der Waals surface area contributed by atoms with E-state index in [1.807, 2.05) is 0 Å². The SMILES string of the molecule is CC(CCC(=O)O)NC(=O)C(C)Oc1ccc(Cl)cc1. The number of carboxylic acids is 1. The quantitative estimate of drug-likeness (QED) is 0.811. The van der Waals surface area contributed by atoms with E-state index in [0.717, 1.165) is 0 Å². The molecule has 2 unspecified atom stereocenters. The highest BCUT2D eigenvalue weighted by Crippen LogP contribution is 2.16. The van der Waals surface area contributed by atoms with Gasteiger partial charge in [0.1, 0.15) is 5.75 Å². The van der Waals surface area contributed by atoms with E-state index >= 15 is 0 Å². The Balaban J connectivity index is 2.42. The van der Waals surface area contributed by atoms with Gasteiger partial charge < -0.3 is 15.2 Å². The molecule has 20 heavy (non-hydrogen) atoms.